The van der Waals surface area contributed by atoms with Crippen LogP contribution in [0, 0.1) is 0 Å². The normalized spacial score (nSPS) is 15.0. The third-order valence-corrected chi connectivity index (χ3v) is 4.48. The third-order valence-electron chi connectivity index (χ3n) is 4.29. The minimum Gasteiger partial charge on any atom is -0.368 e. The predicted octanol–water partition coefficient (Wildman–Crippen LogP) is 2.59. The van der Waals surface area contributed by atoms with Crippen molar-refractivity contribution in [3.05, 3.63) is 47.9 Å². The molecule has 7 heteroatoms. The van der Waals surface area contributed by atoms with E-state index < -0.39 is 0 Å². The van der Waals surface area contributed by atoms with Crippen LogP contribution < -0.4 is 15.5 Å². The summed E-state index contributed by atoms with van der Waals surface area (Å²) in [6.07, 6.45) is 3.85. The quantitative estimate of drug-likeness (QED) is 0.723. The van der Waals surface area contributed by atoms with Crippen molar-refractivity contribution in [2.75, 3.05) is 41.7 Å². The van der Waals surface area contributed by atoms with Gasteiger partial charge >= 0.3 is 0 Å². The molecule has 0 amide bonds. The Morgan fingerprint density at radius 3 is 2.50 bits per heavy atom. The van der Waals surface area contributed by atoms with Gasteiger partial charge in [0.05, 0.1) is 11.9 Å². The van der Waals surface area contributed by atoms with Crippen LogP contribution in [0.15, 0.2) is 42.7 Å². The molecule has 0 atom stereocenters. The lowest BCUT2D eigenvalue weighted by Crippen LogP contribution is -2.47. The summed E-state index contributed by atoms with van der Waals surface area (Å²) in [5.74, 6) is 0.987. The van der Waals surface area contributed by atoms with Crippen molar-refractivity contribution in [1.29, 1.82) is 0 Å². The molecule has 0 saturated carbocycles. The second kappa shape index (κ2) is 6.13. The van der Waals surface area contributed by atoms with E-state index in [1.807, 2.05) is 18.5 Å². The van der Waals surface area contributed by atoms with Crippen LogP contribution in [0.3, 0.4) is 0 Å². The largest absolute Gasteiger partial charge is 0.368 e. The van der Waals surface area contributed by atoms with Crippen LogP contribution in [0.25, 0.3) is 10.8 Å². The van der Waals surface area contributed by atoms with Gasteiger partial charge in [0.2, 0.25) is 5.95 Å². The summed E-state index contributed by atoms with van der Waals surface area (Å²) in [6.45, 7) is 3.46. The van der Waals surface area contributed by atoms with Gasteiger partial charge in [-0.3, -0.25) is 4.98 Å². The zero-order valence-electron chi connectivity index (χ0n) is 13.1. The van der Waals surface area contributed by atoms with Crippen molar-refractivity contribution in [1.82, 2.24) is 15.0 Å². The maximum atomic E-state index is 5.98. The highest BCUT2D eigenvalue weighted by Crippen LogP contribution is 2.27. The van der Waals surface area contributed by atoms with E-state index in [1.165, 1.54) is 11.1 Å². The lowest BCUT2D eigenvalue weighted by atomic mass is 10.1. The van der Waals surface area contributed by atoms with E-state index in [-0.39, 0.29) is 5.95 Å². The summed E-state index contributed by atoms with van der Waals surface area (Å²) in [4.78, 5) is 17.1. The van der Waals surface area contributed by atoms with Crippen LogP contribution in [-0.2, 0) is 0 Å². The number of nitrogens with zero attached hydrogens (tertiary/aromatic N) is 5. The van der Waals surface area contributed by atoms with Gasteiger partial charge in [-0.15, -0.1) is 0 Å². The fourth-order valence-electron chi connectivity index (χ4n) is 3.11. The first-order chi connectivity index (χ1) is 11.7. The summed E-state index contributed by atoms with van der Waals surface area (Å²) in [5, 5.41) is 2.77. The Hall–Kier alpha value is -2.60. The third kappa shape index (κ3) is 2.80. The number of hydrogen-bond acceptors (Lipinski definition) is 6. The van der Waals surface area contributed by atoms with E-state index in [2.05, 4.69) is 43.0 Å². The fraction of sp³-hybridized carbons (Fsp3) is 0.235. The highest BCUT2D eigenvalue weighted by molar-refractivity contribution is 6.29. The van der Waals surface area contributed by atoms with Gasteiger partial charge in [-0.25, -0.2) is 4.98 Å². The Morgan fingerprint density at radius 2 is 1.71 bits per heavy atom. The molecule has 0 unspecified atom stereocenters. The number of fused-ring (bicyclic) bond motifs is 1. The Bertz CT molecular complexity index is 850. The fourth-order valence-corrected chi connectivity index (χ4v) is 3.30. The number of anilines is 3. The lowest BCUT2D eigenvalue weighted by molar-refractivity contribution is 0.648. The minimum absolute atomic E-state index is 0.207. The molecule has 4 rings (SSSR count). The molecule has 0 bridgehead atoms. The zero-order valence-corrected chi connectivity index (χ0v) is 13.8. The molecule has 3 heterocycles. The van der Waals surface area contributed by atoms with Gasteiger partial charge in [0.25, 0.3) is 0 Å². The Morgan fingerprint density at radius 1 is 0.958 bits per heavy atom. The van der Waals surface area contributed by atoms with Crippen LogP contribution in [-0.4, -0.2) is 41.1 Å². The summed E-state index contributed by atoms with van der Waals surface area (Å²) < 4.78 is 0. The number of rotatable bonds is 2. The molecule has 2 aromatic heterocycles. The van der Waals surface area contributed by atoms with Crippen LogP contribution in [0.4, 0.5) is 17.5 Å². The topological polar surface area (TPSA) is 71.2 Å². The van der Waals surface area contributed by atoms with E-state index in [4.69, 9.17) is 17.3 Å². The Balaban J connectivity index is 1.55. The van der Waals surface area contributed by atoms with Crippen molar-refractivity contribution >= 4 is 39.8 Å². The molecule has 122 valence electrons. The molecule has 2 N–H and O–H groups in total. The Kier molecular flexibility index (Phi) is 3.82. The van der Waals surface area contributed by atoms with E-state index >= 15 is 0 Å². The standard InChI is InChI=1S/C17H17ClN6/c18-15-9-16(22-17(19)21-15)24-7-5-23(6-8-24)14-11-20-10-12-3-1-2-4-13(12)14/h1-4,9-11H,5-8H2,(H2,19,21,22). The number of piperazine rings is 1. The van der Waals surface area contributed by atoms with Crippen molar-refractivity contribution in [2.24, 2.45) is 0 Å². The van der Waals surface area contributed by atoms with E-state index in [0.717, 1.165) is 37.4 Å². The van der Waals surface area contributed by atoms with Gasteiger partial charge in [-0.05, 0) is 0 Å². The number of halogens is 1. The maximum Gasteiger partial charge on any atom is 0.223 e. The van der Waals surface area contributed by atoms with Crippen molar-refractivity contribution < 1.29 is 0 Å². The molecule has 1 fully saturated rings. The van der Waals surface area contributed by atoms with E-state index in [9.17, 15) is 0 Å². The molecule has 1 aliphatic heterocycles. The number of nitrogen functional groups attached to an aromatic ring is 1. The SMILES string of the molecule is Nc1nc(Cl)cc(N2CCN(c3cncc4ccccc34)CC2)n1. The number of pyridine rings is 1. The molecule has 1 aliphatic rings. The monoisotopic (exact) mass is 340 g/mol. The molecule has 0 aliphatic carbocycles. The number of nitrogens with two attached hydrogens (primary N) is 1. The summed E-state index contributed by atoms with van der Waals surface area (Å²) in [6, 6.07) is 10.1. The molecule has 0 spiro atoms. The van der Waals surface area contributed by atoms with Crippen LogP contribution in [0.1, 0.15) is 0 Å². The van der Waals surface area contributed by atoms with E-state index in [1.54, 1.807) is 6.07 Å². The molecule has 1 aromatic carbocycles. The molecule has 0 radical (unpaired) electrons. The molecular formula is C17H17ClN6. The van der Waals surface area contributed by atoms with Gasteiger partial charge in [-0.2, -0.15) is 4.98 Å². The second-order valence-corrected chi connectivity index (χ2v) is 6.15. The van der Waals surface area contributed by atoms with Crippen LogP contribution in [0.2, 0.25) is 5.15 Å². The summed E-state index contributed by atoms with van der Waals surface area (Å²) in [7, 11) is 0. The van der Waals surface area contributed by atoms with Gasteiger partial charge in [-0.1, -0.05) is 35.9 Å². The molecule has 3 aromatic rings. The highest BCUT2D eigenvalue weighted by atomic mass is 35.5. The van der Waals surface area contributed by atoms with Gasteiger partial charge < -0.3 is 15.5 Å². The van der Waals surface area contributed by atoms with Gasteiger partial charge in [0, 0.05) is 49.2 Å². The van der Waals surface area contributed by atoms with Crippen molar-refractivity contribution in [3.63, 3.8) is 0 Å². The van der Waals surface area contributed by atoms with Gasteiger partial charge in [0.1, 0.15) is 11.0 Å². The second-order valence-electron chi connectivity index (χ2n) is 5.76. The maximum absolute atomic E-state index is 5.98. The van der Waals surface area contributed by atoms with Crippen LogP contribution >= 0.6 is 11.6 Å². The first-order valence-electron chi connectivity index (χ1n) is 7.83. The molecule has 6 nitrogen and oxygen atoms in total. The predicted molar refractivity (Wildman–Crippen MR) is 97.6 cm³/mol. The van der Waals surface area contributed by atoms with Gasteiger partial charge in [0.15, 0.2) is 0 Å². The van der Waals surface area contributed by atoms with Crippen molar-refractivity contribution in [2.45, 2.75) is 0 Å². The van der Waals surface area contributed by atoms with Crippen LogP contribution in [0.5, 0.6) is 0 Å². The first kappa shape index (κ1) is 15.0. The average molecular weight is 341 g/mol. The van der Waals surface area contributed by atoms with Crippen molar-refractivity contribution in [3.8, 4) is 0 Å². The summed E-state index contributed by atoms with van der Waals surface area (Å²) in [5.41, 5.74) is 6.87. The molecular weight excluding hydrogens is 324 g/mol. The average Bonchev–Trinajstić information content (AvgIpc) is 2.60. The highest BCUT2D eigenvalue weighted by Gasteiger charge is 2.20. The molecule has 24 heavy (non-hydrogen) atoms. The zero-order chi connectivity index (χ0) is 16.5. The Labute approximate surface area is 144 Å². The first-order valence-corrected chi connectivity index (χ1v) is 8.21. The molecule has 1 saturated heterocycles. The number of hydrogen-bond donors (Lipinski definition) is 1. The smallest absolute Gasteiger partial charge is 0.223 e. The minimum atomic E-state index is 0.207. The summed E-state index contributed by atoms with van der Waals surface area (Å²) >= 11 is 5.98. The lowest BCUT2D eigenvalue weighted by Gasteiger charge is -2.37. The number of aromatic nitrogens is 3. The number of benzene rings is 1. The van der Waals surface area contributed by atoms with E-state index in [0.29, 0.717) is 5.15 Å².